The Kier molecular flexibility index (Phi) is 4.77. The van der Waals surface area contributed by atoms with Gasteiger partial charge in [-0.1, -0.05) is 0 Å². The number of sulfonamides is 1. The number of carbonyl (C=O) groups is 1. The second-order valence-electron chi connectivity index (χ2n) is 3.19. The fourth-order valence-electron chi connectivity index (χ4n) is 1.10. The van der Waals surface area contributed by atoms with Crippen molar-refractivity contribution in [3.05, 3.63) is 28.2 Å². The van der Waals surface area contributed by atoms with Gasteiger partial charge < -0.3 is 5.11 Å². The quantitative estimate of drug-likeness (QED) is 0.852. The lowest BCUT2D eigenvalue weighted by Gasteiger charge is -2.08. The molecule has 0 saturated heterocycles. The van der Waals surface area contributed by atoms with Crippen molar-refractivity contribution in [3.8, 4) is 0 Å². The van der Waals surface area contributed by atoms with E-state index in [1.807, 2.05) is 0 Å². The monoisotopic (exact) mass is 343 g/mol. The number of aromatic carboxylic acids is 1. The maximum Gasteiger partial charge on any atom is 0.335 e. The summed E-state index contributed by atoms with van der Waals surface area (Å²) in [6.45, 7) is -1.00. The maximum absolute atomic E-state index is 11.9. The second-order valence-corrected chi connectivity index (χ2v) is 5.78. The maximum atomic E-state index is 11.9. The van der Waals surface area contributed by atoms with Gasteiger partial charge in [-0.15, -0.1) is 0 Å². The molecule has 2 N–H and O–H groups in total. The van der Waals surface area contributed by atoms with Gasteiger partial charge in [0.25, 0.3) is 6.43 Å². The number of alkyl halides is 2. The summed E-state index contributed by atoms with van der Waals surface area (Å²) in [7, 11) is -4.10. The molecule has 0 fully saturated rings. The van der Waals surface area contributed by atoms with E-state index >= 15 is 0 Å². The molecule has 5 nitrogen and oxygen atoms in total. The zero-order valence-corrected chi connectivity index (χ0v) is 11.1. The van der Waals surface area contributed by atoms with Crippen LogP contribution in [0.2, 0.25) is 0 Å². The molecule has 0 atom stereocenters. The Balaban J connectivity index is 3.06. The summed E-state index contributed by atoms with van der Waals surface area (Å²) in [5, 5.41) is 8.69. The Morgan fingerprint density at radius 3 is 2.50 bits per heavy atom. The molecule has 0 radical (unpaired) electrons. The van der Waals surface area contributed by atoms with Crippen LogP contribution < -0.4 is 4.72 Å². The molecular formula is C9H8BrF2NO4S. The molecule has 0 aliphatic heterocycles. The van der Waals surface area contributed by atoms with Gasteiger partial charge in [0.1, 0.15) is 0 Å². The largest absolute Gasteiger partial charge is 0.478 e. The molecule has 0 heterocycles. The van der Waals surface area contributed by atoms with Crippen molar-refractivity contribution in [1.29, 1.82) is 0 Å². The molecule has 0 aliphatic rings. The van der Waals surface area contributed by atoms with Gasteiger partial charge in [-0.3, -0.25) is 0 Å². The lowest BCUT2D eigenvalue weighted by molar-refractivity contribution is 0.0696. The van der Waals surface area contributed by atoms with Crippen LogP contribution in [0.1, 0.15) is 10.4 Å². The molecule has 1 aromatic rings. The van der Waals surface area contributed by atoms with Gasteiger partial charge in [-0.2, -0.15) is 0 Å². The summed E-state index contributed by atoms with van der Waals surface area (Å²) < 4.78 is 48.8. The lowest BCUT2D eigenvalue weighted by atomic mass is 10.2. The highest BCUT2D eigenvalue weighted by Crippen LogP contribution is 2.23. The molecule has 0 unspecified atom stereocenters. The van der Waals surface area contributed by atoms with Crippen molar-refractivity contribution < 1.29 is 27.1 Å². The van der Waals surface area contributed by atoms with Gasteiger partial charge in [-0.05, 0) is 34.1 Å². The normalized spacial score (nSPS) is 11.8. The number of nitrogens with one attached hydrogen (secondary N) is 1. The van der Waals surface area contributed by atoms with E-state index in [1.165, 1.54) is 0 Å². The second kappa shape index (κ2) is 5.72. The molecule has 0 aliphatic carbocycles. The van der Waals surface area contributed by atoms with Crippen LogP contribution in [0.15, 0.2) is 27.6 Å². The summed E-state index contributed by atoms with van der Waals surface area (Å²) in [6, 6.07) is 3.19. The van der Waals surface area contributed by atoms with Crippen molar-refractivity contribution in [1.82, 2.24) is 4.72 Å². The van der Waals surface area contributed by atoms with E-state index in [0.717, 1.165) is 18.2 Å². The van der Waals surface area contributed by atoms with Gasteiger partial charge in [0, 0.05) is 4.47 Å². The van der Waals surface area contributed by atoms with E-state index in [0.29, 0.717) is 0 Å². The smallest absolute Gasteiger partial charge is 0.335 e. The van der Waals surface area contributed by atoms with E-state index in [1.54, 1.807) is 4.72 Å². The third-order valence-electron chi connectivity index (χ3n) is 1.90. The van der Waals surface area contributed by atoms with Crippen LogP contribution >= 0.6 is 15.9 Å². The van der Waals surface area contributed by atoms with Gasteiger partial charge >= 0.3 is 5.97 Å². The van der Waals surface area contributed by atoms with Crippen LogP contribution in [0.3, 0.4) is 0 Å². The first-order valence-corrected chi connectivity index (χ1v) is 6.82. The number of hydrogen-bond acceptors (Lipinski definition) is 3. The van der Waals surface area contributed by atoms with Crippen molar-refractivity contribution in [2.24, 2.45) is 0 Å². The van der Waals surface area contributed by atoms with Gasteiger partial charge in [0.2, 0.25) is 10.0 Å². The minimum atomic E-state index is -4.10. The summed E-state index contributed by atoms with van der Waals surface area (Å²) in [5.74, 6) is -1.22. The molecule has 0 aromatic heterocycles. The molecule has 0 amide bonds. The first-order valence-electron chi connectivity index (χ1n) is 4.54. The number of hydrogen-bond donors (Lipinski definition) is 2. The van der Waals surface area contributed by atoms with Crippen LogP contribution in [0.25, 0.3) is 0 Å². The lowest BCUT2D eigenvalue weighted by Crippen LogP contribution is -2.28. The van der Waals surface area contributed by atoms with E-state index in [2.05, 4.69) is 15.9 Å². The van der Waals surface area contributed by atoms with E-state index in [4.69, 9.17) is 5.11 Å². The Bertz CT molecular complexity index is 562. The van der Waals surface area contributed by atoms with Crippen molar-refractivity contribution >= 4 is 31.9 Å². The Hall–Kier alpha value is -1.06. The Labute approximate surface area is 110 Å². The minimum Gasteiger partial charge on any atom is -0.478 e. The predicted molar refractivity (Wildman–Crippen MR) is 62.3 cm³/mol. The Morgan fingerprint density at radius 2 is 2.06 bits per heavy atom. The molecule has 100 valence electrons. The van der Waals surface area contributed by atoms with Gasteiger partial charge in [-0.25, -0.2) is 26.7 Å². The molecule has 0 spiro atoms. The average molecular weight is 344 g/mol. The van der Waals surface area contributed by atoms with Crippen molar-refractivity contribution in [2.45, 2.75) is 11.3 Å². The first kappa shape index (κ1) is 15.0. The molecule has 1 aromatic carbocycles. The fraction of sp³-hybridized carbons (Fsp3) is 0.222. The topological polar surface area (TPSA) is 83.5 Å². The first-order chi connectivity index (χ1) is 8.24. The number of carboxylic acid groups (broad SMARTS) is 1. The van der Waals surface area contributed by atoms with Crippen LogP contribution in [-0.4, -0.2) is 32.5 Å². The van der Waals surface area contributed by atoms with Crippen LogP contribution in [0.5, 0.6) is 0 Å². The van der Waals surface area contributed by atoms with E-state index in [-0.39, 0.29) is 14.9 Å². The zero-order chi connectivity index (χ0) is 13.9. The fourth-order valence-corrected chi connectivity index (χ4v) is 3.18. The van der Waals surface area contributed by atoms with Gasteiger partial charge in [0.05, 0.1) is 17.0 Å². The summed E-state index contributed by atoms with van der Waals surface area (Å²) in [5.41, 5.74) is -0.116. The number of rotatable bonds is 5. The van der Waals surface area contributed by atoms with Gasteiger partial charge in [0.15, 0.2) is 0 Å². The number of carboxylic acids is 1. The SMILES string of the molecule is O=C(O)c1ccc(S(=O)(=O)NCC(F)F)c(Br)c1. The van der Waals surface area contributed by atoms with Crippen molar-refractivity contribution in [3.63, 3.8) is 0 Å². The molecule has 0 bridgehead atoms. The predicted octanol–water partition coefficient (Wildman–Crippen LogP) is 1.69. The molecule has 1 rings (SSSR count). The molecule has 18 heavy (non-hydrogen) atoms. The highest BCUT2D eigenvalue weighted by atomic mass is 79.9. The zero-order valence-electron chi connectivity index (χ0n) is 8.73. The van der Waals surface area contributed by atoms with Crippen LogP contribution in [0.4, 0.5) is 8.78 Å². The van der Waals surface area contributed by atoms with E-state index < -0.39 is 29.0 Å². The average Bonchev–Trinajstić information content (AvgIpc) is 2.26. The molecular weight excluding hydrogens is 336 g/mol. The third kappa shape index (κ3) is 3.72. The summed E-state index contributed by atoms with van der Waals surface area (Å²) >= 11 is 2.89. The standard InChI is InChI=1S/C9H8BrF2NO4S/c10-6-3-5(9(14)15)1-2-7(6)18(16,17)13-4-8(11)12/h1-3,8,13H,4H2,(H,14,15). The molecule has 9 heteroatoms. The van der Waals surface area contributed by atoms with E-state index in [9.17, 15) is 22.0 Å². The van der Waals surface area contributed by atoms with Crippen molar-refractivity contribution in [2.75, 3.05) is 6.54 Å². The van der Waals surface area contributed by atoms with Crippen LogP contribution in [-0.2, 0) is 10.0 Å². The number of benzene rings is 1. The number of halogens is 3. The summed E-state index contributed by atoms with van der Waals surface area (Å²) in [6.07, 6.45) is -2.81. The third-order valence-corrected chi connectivity index (χ3v) is 4.30. The highest BCUT2D eigenvalue weighted by molar-refractivity contribution is 9.10. The highest BCUT2D eigenvalue weighted by Gasteiger charge is 2.20. The molecule has 0 saturated carbocycles. The minimum absolute atomic E-state index is 0.0100. The van der Waals surface area contributed by atoms with Crippen LogP contribution in [0, 0.1) is 0 Å². The Morgan fingerprint density at radius 1 is 1.44 bits per heavy atom. The summed E-state index contributed by atoms with van der Waals surface area (Å²) in [4.78, 5) is 10.3.